The van der Waals surface area contributed by atoms with Crippen LogP contribution in [0.1, 0.15) is 19.3 Å². The molecule has 0 saturated heterocycles. The standard InChI is InChI=1S/C12H17BrClN3/c13-10-4-11(14)12(17-7-10)16-6-9-3-1-2-8(9)5-15/h4,7-9H,1-3,5-6,15H2,(H,16,17). The van der Waals surface area contributed by atoms with Crippen LogP contribution in [-0.2, 0) is 0 Å². The van der Waals surface area contributed by atoms with Gasteiger partial charge in [-0.25, -0.2) is 4.98 Å². The molecule has 3 N–H and O–H groups in total. The van der Waals surface area contributed by atoms with Crippen molar-refractivity contribution < 1.29 is 0 Å². The zero-order chi connectivity index (χ0) is 12.3. The highest BCUT2D eigenvalue weighted by Gasteiger charge is 2.25. The minimum Gasteiger partial charge on any atom is -0.369 e. The summed E-state index contributed by atoms with van der Waals surface area (Å²) in [5.41, 5.74) is 5.77. The van der Waals surface area contributed by atoms with Gasteiger partial charge < -0.3 is 11.1 Å². The Balaban J connectivity index is 1.93. The van der Waals surface area contributed by atoms with Crippen LogP contribution in [0.4, 0.5) is 5.82 Å². The highest BCUT2D eigenvalue weighted by molar-refractivity contribution is 9.10. The second kappa shape index (κ2) is 6.03. The molecular formula is C12H17BrClN3. The molecule has 1 aliphatic carbocycles. The molecule has 1 fully saturated rings. The Bertz CT molecular complexity index is 386. The number of rotatable bonds is 4. The van der Waals surface area contributed by atoms with Crippen LogP contribution in [0.25, 0.3) is 0 Å². The molecule has 17 heavy (non-hydrogen) atoms. The lowest BCUT2D eigenvalue weighted by molar-refractivity contribution is 0.414. The average molecular weight is 319 g/mol. The number of halogens is 2. The zero-order valence-electron chi connectivity index (χ0n) is 9.63. The molecule has 1 heterocycles. The minimum atomic E-state index is 0.650. The summed E-state index contributed by atoms with van der Waals surface area (Å²) in [7, 11) is 0. The molecule has 0 amide bonds. The maximum Gasteiger partial charge on any atom is 0.144 e. The molecule has 1 aromatic heterocycles. The predicted molar refractivity (Wildman–Crippen MR) is 75.3 cm³/mol. The third-order valence-electron chi connectivity index (χ3n) is 3.46. The van der Waals surface area contributed by atoms with Gasteiger partial charge >= 0.3 is 0 Å². The molecule has 0 radical (unpaired) electrons. The molecular weight excluding hydrogens is 302 g/mol. The molecule has 0 aromatic carbocycles. The molecule has 2 atom stereocenters. The number of nitrogens with zero attached hydrogens (tertiary/aromatic N) is 1. The Hall–Kier alpha value is -0.320. The Morgan fingerprint density at radius 3 is 2.94 bits per heavy atom. The van der Waals surface area contributed by atoms with E-state index in [2.05, 4.69) is 26.2 Å². The summed E-state index contributed by atoms with van der Waals surface area (Å²) >= 11 is 9.45. The summed E-state index contributed by atoms with van der Waals surface area (Å²) in [5.74, 6) is 2.07. The molecule has 1 saturated carbocycles. The van der Waals surface area contributed by atoms with E-state index in [4.69, 9.17) is 17.3 Å². The van der Waals surface area contributed by atoms with Crippen molar-refractivity contribution in [1.29, 1.82) is 0 Å². The first-order chi connectivity index (χ1) is 8.20. The van der Waals surface area contributed by atoms with Crippen molar-refractivity contribution in [1.82, 2.24) is 4.98 Å². The topological polar surface area (TPSA) is 50.9 Å². The van der Waals surface area contributed by atoms with Crippen LogP contribution in [0.3, 0.4) is 0 Å². The summed E-state index contributed by atoms with van der Waals surface area (Å²) in [6.45, 7) is 1.70. The molecule has 0 bridgehead atoms. The fourth-order valence-corrected chi connectivity index (χ4v) is 3.16. The van der Waals surface area contributed by atoms with Crippen LogP contribution in [0.15, 0.2) is 16.7 Å². The van der Waals surface area contributed by atoms with E-state index in [0.29, 0.717) is 16.9 Å². The molecule has 2 rings (SSSR count). The molecule has 5 heteroatoms. The van der Waals surface area contributed by atoms with Gasteiger partial charge in [-0.3, -0.25) is 0 Å². The van der Waals surface area contributed by atoms with Crippen molar-refractivity contribution in [3.63, 3.8) is 0 Å². The quantitative estimate of drug-likeness (QED) is 0.895. The molecule has 94 valence electrons. The van der Waals surface area contributed by atoms with Gasteiger partial charge in [0.1, 0.15) is 5.82 Å². The van der Waals surface area contributed by atoms with E-state index in [-0.39, 0.29) is 0 Å². The van der Waals surface area contributed by atoms with E-state index in [9.17, 15) is 0 Å². The number of hydrogen-bond acceptors (Lipinski definition) is 3. The minimum absolute atomic E-state index is 0.650. The van der Waals surface area contributed by atoms with Crippen molar-refractivity contribution in [2.24, 2.45) is 17.6 Å². The maximum absolute atomic E-state index is 6.11. The molecule has 0 spiro atoms. The van der Waals surface area contributed by atoms with Gasteiger partial charge in [-0.05, 0) is 53.2 Å². The summed E-state index contributed by atoms with van der Waals surface area (Å²) in [6, 6.07) is 1.85. The number of anilines is 1. The first-order valence-corrected chi connectivity index (χ1v) is 7.12. The maximum atomic E-state index is 6.11. The third-order valence-corrected chi connectivity index (χ3v) is 4.18. The Kier molecular flexibility index (Phi) is 4.65. The van der Waals surface area contributed by atoms with Crippen LogP contribution in [0, 0.1) is 11.8 Å². The number of nitrogens with two attached hydrogens (primary N) is 1. The number of nitrogens with one attached hydrogen (secondary N) is 1. The van der Waals surface area contributed by atoms with E-state index in [1.807, 2.05) is 6.07 Å². The highest BCUT2D eigenvalue weighted by Crippen LogP contribution is 2.31. The van der Waals surface area contributed by atoms with Crippen molar-refractivity contribution in [2.75, 3.05) is 18.4 Å². The van der Waals surface area contributed by atoms with Crippen molar-refractivity contribution in [3.8, 4) is 0 Å². The molecule has 1 aliphatic rings. The van der Waals surface area contributed by atoms with Crippen molar-refractivity contribution in [3.05, 3.63) is 21.8 Å². The molecule has 0 aliphatic heterocycles. The van der Waals surface area contributed by atoms with Crippen LogP contribution < -0.4 is 11.1 Å². The van der Waals surface area contributed by atoms with Gasteiger partial charge in [0, 0.05) is 17.2 Å². The van der Waals surface area contributed by atoms with E-state index < -0.39 is 0 Å². The monoisotopic (exact) mass is 317 g/mol. The number of pyridine rings is 1. The summed E-state index contributed by atoms with van der Waals surface area (Å²) in [5, 5.41) is 3.98. The summed E-state index contributed by atoms with van der Waals surface area (Å²) < 4.78 is 0.897. The van der Waals surface area contributed by atoms with Crippen LogP contribution in [-0.4, -0.2) is 18.1 Å². The van der Waals surface area contributed by atoms with Gasteiger partial charge in [0.05, 0.1) is 5.02 Å². The summed E-state index contributed by atoms with van der Waals surface area (Å²) in [4.78, 5) is 4.27. The molecule has 3 nitrogen and oxygen atoms in total. The second-order valence-electron chi connectivity index (χ2n) is 4.55. The molecule has 2 unspecified atom stereocenters. The molecule has 1 aromatic rings. The van der Waals surface area contributed by atoms with Gasteiger partial charge in [-0.15, -0.1) is 0 Å². The fraction of sp³-hybridized carbons (Fsp3) is 0.583. The van der Waals surface area contributed by atoms with Gasteiger partial charge in [0.25, 0.3) is 0 Å². The van der Waals surface area contributed by atoms with E-state index in [0.717, 1.165) is 23.4 Å². The number of aromatic nitrogens is 1. The first-order valence-electron chi connectivity index (χ1n) is 5.95. The largest absolute Gasteiger partial charge is 0.369 e. The first kappa shape index (κ1) is 13.1. The Morgan fingerprint density at radius 2 is 2.24 bits per heavy atom. The predicted octanol–water partition coefficient (Wildman–Crippen LogP) is 3.28. The van der Waals surface area contributed by atoms with Crippen molar-refractivity contribution >= 4 is 33.3 Å². The van der Waals surface area contributed by atoms with E-state index in [1.54, 1.807) is 6.20 Å². The highest BCUT2D eigenvalue weighted by atomic mass is 79.9. The Labute approximate surface area is 115 Å². The normalized spacial score (nSPS) is 23.9. The summed E-state index contributed by atoms with van der Waals surface area (Å²) in [6.07, 6.45) is 5.55. The van der Waals surface area contributed by atoms with Crippen molar-refractivity contribution in [2.45, 2.75) is 19.3 Å². The lowest BCUT2D eigenvalue weighted by atomic mass is 9.96. The van der Waals surface area contributed by atoms with Gasteiger partial charge in [-0.1, -0.05) is 18.0 Å². The van der Waals surface area contributed by atoms with Gasteiger partial charge in [0.15, 0.2) is 0 Å². The van der Waals surface area contributed by atoms with E-state index in [1.165, 1.54) is 19.3 Å². The van der Waals surface area contributed by atoms with Gasteiger partial charge in [0.2, 0.25) is 0 Å². The Morgan fingerprint density at radius 1 is 1.47 bits per heavy atom. The fourth-order valence-electron chi connectivity index (χ4n) is 2.47. The number of hydrogen-bond donors (Lipinski definition) is 2. The zero-order valence-corrected chi connectivity index (χ0v) is 12.0. The van der Waals surface area contributed by atoms with Gasteiger partial charge in [-0.2, -0.15) is 0 Å². The lowest BCUT2D eigenvalue weighted by Crippen LogP contribution is -2.24. The SMILES string of the molecule is NCC1CCCC1CNc1ncc(Br)cc1Cl. The van der Waals surface area contributed by atoms with Crippen LogP contribution >= 0.6 is 27.5 Å². The third kappa shape index (κ3) is 3.33. The van der Waals surface area contributed by atoms with Crippen LogP contribution in [0.5, 0.6) is 0 Å². The van der Waals surface area contributed by atoms with E-state index >= 15 is 0 Å². The smallest absolute Gasteiger partial charge is 0.144 e. The average Bonchev–Trinajstić information content (AvgIpc) is 2.75. The lowest BCUT2D eigenvalue weighted by Gasteiger charge is -2.18. The second-order valence-corrected chi connectivity index (χ2v) is 5.87. The van der Waals surface area contributed by atoms with Crippen LogP contribution in [0.2, 0.25) is 5.02 Å².